The lowest BCUT2D eigenvalue weighted by atomic mass is 10.3. The van der Waals surface area contributed by atoms with Gasteiger partial charge in [-0.25, -0.2) is 14.4 Å². The summed E-state index contributed by atoms with van der Waals surface area (Å²) >= 11 is 4.79. The van der Waals surface area contributed by atoms with Crippen LogP contribution in [0, 0.1) is 5.82 Å². The Labute approximate surface area is 109 Å². The summed E-state index contributed by atoms with van der Waals surface area (Å²) in [5, 5.41) is 0. The van der Waals surface area contributed by atoms with Gasteiger partial charge in [0.1, 0.15) is 16.5 Å². The molecule has 1 aromatic heterocycles. The summed E-state index contributed by atoms with van der Waals surface area (Å²) in [5.41, 5.74) is 6.30. The molecule has 2 rings (SSSR count). The Kier molecular flexibility index (Phi) is 3.47. The van der Waals surface area contributed by atoms with Crippen molar-refractivity contribution in [1.29, 1.82) is 0 Å². The Morgan fingerprint density at radius 3 is 2.56 bits per heavy atom. The van der Waals surface area contributed by atoms with Crippen LogP contribution in [0.25, 0.3) is 0 Å². The van der Waals surface area contributed by atoms with Crippen LogP contribution in [0.15, 0.2) is 36.7 Å². The van der Waals surface area contributed by atoms with E-state index in [-0.39, 0.29) is 10.8 Å². The Hall–Kier alpha value is -2.08. The van der Waals surface area contributed by atoms with E-state index in [4.69, 9.17) is 18.0 Å². The lowest BCUT2D eigenvalue weighted by molar-refractivity contribution is 0.627. The predicted molar refractivity (Wildman–Crippen MR) is 72.4 cm³/mol. The summed E-state index contributed by atoms with van der Waals surface area (Å²) < 4.78 is 13.6. The molecule has 0 saturated heterocycles. The smallest absolute Gasteiger partial charge is 0.151 e. The van der Waals surface area contributed by atoms with Crippen LogP contribution in [0.4, 0.5) is 15.9 Å². The van der Waals surface area contributed by atoms with Crippen molar-refractivity contribution in [3.8, 4) is 0 Å². The standard InChI is InChI=1S/C12H11FN4S/c1-17(10-5-3-2-4-8(10)13)11-7-15-9(6-16-11)12(14)18/h2-7H,1H3,(H2,14,18). The van der Waals surface area contributed by atoms with Gasteiger partial charge >= 0.3 is 0 Å². The van der Waals surface area contributed by atoms with Crippen LogP contribution in [0.3, 0.4) is 0 Å². The van der Waals surface area contributed by atoms with Crippen LogP contribution in [0.5, 0.6) is 0 Å². The van der Waals surface area contributed by atoms with Crippen molar-refractivity contribution in [3.05, 3.63) is 48.2 Å². The van der Waals surface area contributed by atoms with E-state index in [0.717, 1.165) is 0 Å². The highest BCUT2D eigenvalue weighted by Crippen LogP contribution is 2.23. The number of halogens is 1. The van der Waals surface area contributed by atoms with Gasteiger partial charge in [-0.1, -0.05) is 24.4 Å². The molecule has 18 heavy (non-hydrogen) atoms. The highest BCUT2D eigenvalue weighted by molar-refractivity contribution is 7.80. The van der Waals surface area contributed by atoms with Crippen molar-refractivity contribution in [2.24, 2.45) is 5.73 Å². The molecule has 0 saturated carbocycles. The Morgan fingerprint density at radius 2 is 2.00 bits per heavy atom. The number of anilines is 2. The number of hydrogen-bond acceptors (Lipinski definition) is 4. The molecule has 0 atom stereocenters. The maximum absolute atomic E-state index is 13.6. The molecule has 0 aliphatic heterocycles. The first kappa shape index (κ1) is 12.4. The molecule has 0 unspecified atom stereocenters. The molecule has 0 aliphatic carbocycles. The summed E-state index contributed by atoms with van der Waals surface area (Å²) in [4.78, 5) is 9.99. The second-order valence-corrected chi connectivity index (χ2v) is 4.07. The Balaban J connectivity index is 2.32. The van der Waals surface area contributed by atoms with E-state index in [1.54, 1.807) is 30.1 Å². The quantitative estimate of drug-likeness (QED) is 0.858. The van der Waals surface area contributed by atoms with Gasteiger partial charge in [0.25, 0.3) is 0 Å². The summed E-state index contributed by atoms with van der Waals surface area (Å²) in [6.07, 6.45) is 2.97. The van der Waals surface area contributed by atoms with E-state index in [2.05, 4.69) is 9.97 Å². The van der Waals surface area contributed by atoms with Crippen molar-refractivity contribution in [3.63, 3.8) is 0 Å². The van der Waals surface area contributed by atoms with E-state index in [9.17, 15) is 4.39 Å². The SMILES string of the molecule is CN(c1cnc(C(N)=S)cn1)c1ccccc1F. The minimum absolute atomic E-state index is 0.183. The number of benzene rings is 1. The van der Waals surface area contributed by atoms with Gasteiger partial charge in [-0.2, -0.15) is 0 Å². The zero-order valence-corrected chi connectivity index (χ0v) is 10.5. The first-order chi connectivity index (χ1) is 8.59. The lowest BCUT2D eigenvalue weighted by Gasteiger charge is -2.18. The van der Waals surface area contributed by atoms with Crippen molar-refractivity contribution in [1.82, 2.24) is 9.97 Å². The lowest BCUT2D eigenvalue weighted by Crippen LogP contribution is -2.16. The molecule has 0 aliphatic rings. The van der Waals surface area contributed by atoms with Crippen LogP contribution in [0.2, 0.25) is 0 Å². The highest BCUT2D eigenvalue weighted by atomic mass is 32.1. The van der Waals surface area contributed by atoms with Crippen LogP contribution >= 0.6 is 12.2 Å². The number of thiocarbonyl (C=S) groups is 1. The molecule has 0 spiro atoms. The second kappa shape index (κ2) is 5.05. The molecule has 1 aromatic carbocycles. The molecule has 0 bridgehead atoms. The fraction of sp³-hybridized carbons (Fsp3) is 0.0833. The predicted octanol–water partition coefficient (Wildman–Crippen LogP) is 2.02. The minimum Gasteiger partial charge on any atom is -0.388 e. The van der Waals surface area contributed by atoms with Gasteiger partial charge in [0.05, 0.1) is 18.1 Å². The van der Waals surface area contributed by atoms with Gasteiger partial charge in [-0.15, -0.1) is 0 Å². The van der Waals surface area contributed by atoms with Gasteiger partial charge in [0, 0.05) is 7.05 Å². The number of aromatic nitrogens is 2. The highest BCUT2D eigenvalue weighted by Gasteiger charge is 2.10. The third-order valence-electron chi connectivity index (χ3n) is 2.45. The molecule has 92 valence electrons. The molecule has 6 heteroatoms. The van der Waals surface area contributed by atoms with Gasteiger partial charge < -0.3 is 10.6 Å². The van der Waals surface area contributed by atoms with E-state index in [1.807, 2.05) is 0 Å². The number of para-hydroxylation sites is 1. The van der Waals surface area contributed by atoms with Gasteiger partial charge in [0.15, 0.2) is 5.82 Å². The second-order valence-electron chi connectivity index (χ2n) is 3.63. The molecule has 1 heterocycles. The van der Waals surface area contributed by atoms with E-state index >= 15 is 0 Å². The number of nitrogens with zero attached hydrogens (tertiary/aromatic N) is 3. The summed E-state index contributed by atoms with van der Waals surface area (Å²) in [6, 6.07) is 6.45. The van der Waals surface area contributed by atoms with Crippen molar-refractivity contribution in [2.75, 3.05) is 11.9 Å². The maximum Gasteiger partial charge on any atom is 0.151 e. The van der Waals surface area contributed by atoms with Crippen molar-refractivity contribution >= 4 is 28.7 Å². The molecule has 4 nitrogen and oxygen atoms in total. The van der Waals surface area contributed by atoms with Gasteiger partial charge in [-0.3, -0.25) is 0 Å². The van der Waals surface area contributed by atoms with Crippen molar-refractivity contribution in [2.45, 2.75) is 0 Å². The molecular formula is C12H11FN4S. The summed E-state index contributed by atoms with van der Waals surface area (Å²) in [6.45, 7) is 0. The van der Waals surface area contributed by atoms with Crippen LogP contribution < -0.4 is 10.6 Å². The zero-order valence-electron chi connectivity index (χ0n) is 9.67. The van der Waals surface area contributed by atoms with Crippen LogP contribution in [-0.4, -0.2) is 22.0 Å². The largest absolute Gasteiger partial charge is 0.388 e. The average molecular weight is 262 g/mol. The fourth-order valence-corrected chi connectivity index (χ4v) is 1.57. The molecule has 0 radical (unpaired) electrons. The first-order valence-electron chi connectivity index (χ1n) is 5.19. The van der Waals surface area contributed by atoms with E-state index < -0.39 is 0 Å². The molecule has 0 fully saturated rings. The van der Waals surface area contributed by atoms with Crippen molar-refractivity contribution < 1.29 is 4.39 Å². The third-order valence-corrected chi connectivity index (χ3v) is 2.66. The summed E-state index contributed by atoms with van der Waals surface area (Å²) in [5.74, 6) is 0.195. The molecular weight excluding hydrogens is 251 g/mol. The Morgan fingerprint density at radius 1 is 1.28 bits per heavy atom. The van der Waals surface area contributed by atoms with E-state index in [0.29, 0.717) is 17.2 Å². The molecule has 2 aromatic rings. The number of hydrogen-bond donors (Lipinski definition) is 1. The van der Waals surface area contributed by atoms with Gasteiger partial charge in [0.2, 0.25) is 0 Å². The van der Waals surface area contributed by atoms with Crippen LogP contribution in [-0.2, 0) is 0 Å². The monoisotopic (exact) mass is 262 g/mol. The average Bonchev–Trinajstić information content (AvgIpc) is 2.38. The van der Waals surface area contributed by atoms with Crippen LogP contribution in [0.1, 0.15) is 5.69 Å². The minimum atomic E-state index is -0.319. The zero-order chi connectivity index (χ0) is 13.1. The van der Waals surface area contributed by atoms with E-state index in [1.165, 1.54) is 18.5 Å². The maximum atomic E-state index is 13.6. The van der Waals surface area contributed by atoms with Gasteiger partial charge in [-0.05, 0) is 12.1 Å². The number of nitrogens with two attached hydrogens (primary N) is 1. The molecule has 0 amide bonds. The third kappa shape index (κ3) is 2.43. The normalized spacial score (nSPS) is 10.1. The fourth-order valence-electron chi connectivity index (χ4n) is 1.47. The summed E-state index contributed by atoms with van der Waals surface area (Å²) in [7, 11) is 1.71. The Bertz CT molecular complexity index is 571. The number of rotatable bonds is 3. The topological polar surface area (TPSA) is 55.0 Å². The first-order valence-corrected chi connectivity index (χ1v) is 5.60. The molecule has 2 N–H and O–H groups in total.